The van der Waals surface area contributed by atoms with Crippen molar-refractivity contribution < 1.29 is 28.7 Å². The summed E-state index contributed by atoms with van der Waals surface area (Å²) in [6.07, 6.45) is 0.450. The summed E-state index contributed by atoms with van der Waals surface area (Å²) in [7, 11) is 0. The van der Waals surface area contributed by atoms with Crippen molar-refractivity contribution >= 4 is 45.3 Å². The number of benzene rings is 3. The van der Waals surface area contributed by atoms with Crippen LogP contribution in [0.25, 0.3) is 27.5 Å². The largest absolute Gasteiger partial charge is 0.457 e. The van der Waals surface area contributed by atoms with Gasteiger partial charge in [0.05, 0.1) is 23.2 Å². The lowest BCUT2D eigenvalue weighted by Crippen LogP contribution is -2.22. The van der Waals surface area contributed by atoms with Crippen LogP contribution >= 0.6 is 0 Å². The van der Waals surface area contributed by atoms with E-state index in [0.717, 1.165) is 16.7 Å². The molecule has 7 nitrogen and oxygen atoms in total. The first-order valence-corrected chi connectivity index (χ1v) is 12.4. The molecular weight excluding hydrogens is 470 g/mol. The van der Waals surface area contributed by atoms with Crippen molar-refractivity contribution in [1.82, 2.24) is 4.57 Å². The molecule has 1 heterocycles. The lowest BCUT2D eigenvalue weighted by molar-refractivity contribution is -0.143. The molecule has 0 aliphatic rings. The lowest BCUT2D eigenvalue weighted by Gasteiger charge is -2.10. The molecule has 0 saturated heterocycles. The second kappa shape index (κ2) is 10.8. The van der Waals surface area contributed by atoms with E-state index in [1.54, 1.807) is 50.2 Å². The Morgan fingerprint density at radius 3 is 1.51 bits per heavy atom. The normalized spacial score (nSPS) is 12.8. The van der Waals surface area contributed by atoms with Crippen molar-refractivity contribution in [1.29, 1.82) is 0 Å². The molecule has 0 radical (unpaired) electrons. The van der Waals surface area contributed by atoms with Crippen LogP contribution in [0, 0.1) is 0 Å². The van der Waals surface area contributed by atoms with Crippen molar-refractivity contribution in [2.45, 2.75) is 52.7 Å². The highest BCUT2D eigenvalue weighted by Gasteiger charge is 2.24. The maximum Gasteiger partial charge on any atom is 0.379 e. The molecule has 190 valence electrons. The number of ketones is 2. The SMILES string of the molecule is CCC(C)OC(=O)C(=O)c1ccc2c(c1)c1cc(C(=O)C(=O)OC(C)CC)ccc1n2-c1ccccc1. The fourth-order valence-corrected chi connectivity index (χ4v) is 4.04. The molecule has 2 atom stereocenters. The summed E-state index contributed by atoms with van der Waals surface area (Å²) >= 11 is 0. The Hall–Kier alpha value is -4.26. The molecule has 3 aromatic carbocycles. The number of ether oxygens (including phenoxy) is 2. The smallest absolute Gasteiger partial charge is 0.379 e. The Bertz CT molecular complexity index is 1410. The molecule has 2 unspecified atom stereocenters. The number of fused-ring (bicyclic) bond motifs is 3. The summed E-state index contributed by atoms with van der Waals surface area (Å²) in [6.45, 7) is 7.19. The molecule has 0 spiro atoms. The molecule has 0 N–H and O–H groups in total. The zero-order valence-electron chi connectivity index (χ0n) is 21.3. The summed E-state index contributed by atoms with van der Waals surface area (Å²) in [5.74, 6) is -3.31. The van der Waals surface area contributed by atoms with Crippen LogP contribution in [0.4, 0.5) is 0 Å². The van der Waals surface area contributed by atoms with E-state index in [1.165, 1.54) is 0 Å². The highest BCUT2D eigenvalue weighted by Crippen LogP contribution is 2.33. The van der Waals surface area contributed by atoms with Crippen molar-refractivity contribution in [3.8, 4) is 5.69 Å². The average molecular weight is 500 g/mol. The molecule has 37 heavy (non-hydrogen) atoms. The second-order valence-electron chi connectivity index (χ2n) is 9.04. The molecule has 0 amide bonds. The van der Waals surface area contributed by atoms with Gasteiger partial charge in [0.2, 0.25) is 0 Å². The Labute approximate surface area is 215 Å². The van der Waals surface area contributed by atoms with Crippen molar-refractivity contribution in [2.24, 2.45) is 0 Å². The number of rotatable bonds is 9. The van der Waals surface area contributed by atoms with Crippen molar-refractivity contribution in [3.05, 3.63) is 77.9 Å². The quantitative estimate of drug-likeness (QED) is 0.163. The van der Waals surface area contributed by atoms with Crippen LogP contribution < -0.4 is 0 Å². The predicted octanol–water partition coefficient (Wildman–Crippen LogP) is 5.83. The average Bonchev–Trinajstić information content (AvgIpc) is 3.25. The highest BCUT2D eigenvalue weighted by atomic mass is 16.6. The molecule has 0 bridgehead atoms. The van der Waals surface area contributed by atoms with Gasteiger partial charge in [0, 0.05) is 27.6 Å². The van der Waals surface area contributed by atoms with Gasteiger partial charge >= 0.3 is 11.9 Å². The minimum Gasteiger partial charge on any atom is -0.457 e. The molecule has 0 aliphatic carbocycles. The summed E-state index contributed by atoms with van der Waals surface area (Å²) in [4.78, 5) is 50.5. The fourth-order valence-electron chi connectivity index (χ4n) is 4.04. The first-order chi connectivity index (χ1) is 17.7. The molecular formula is C30H29NO6. The fraction of sp³-hybridized carbons (Fsp3) is 0.267. The molecule has 0 fully saturated rings. The monoisotopic (exact) mass is 499 g/mol. The van der Waals surface area contributed by atoms with Gasteiger partial charge in [-0.15, -0.1) is 0 Å². The van der Waals surface area contributed by atoms with Crippen LogP contribution in [0.15, 0.2) is 66.7 Å². The minimum absolute atomic E-state index is 0.181. The van der Waals surface area contributed by atoms with Crippen molar-refractivity contribution in [3.63, 3.8) is 0 Å². The van der Waals surface area contributed by atoms with Gasteiger partial charge in [0.25, 0.3) is 11.6 Å². The van der Waals surface area contributed by atoms with Gasteiger partial charge in [-0.1, -0.05) is 32.0 Å². The topological polar surface area (TPSA) is 91.7 Å². The Balaban J connectivity index is 1.86. The molecule has 4 rings (SSSR count). The summed E-state index contributed by atoms with van der Waals surface area (Å²) < 4.78 is 12.4. The van der Waals surface area contributed by atoms with Gasteiger partial charge in [-0.25, -0.2) is 9.59 Å². The van der Waals surface area contributed by atoms with Gasteiger partial charge < -0.3 is 14.0 Å². The van der Waals surface area contributed by atoms with Crippen LogP contribution in [0.3, 0.4) is 0 Å². The molecule has 4 aromatic rings. The maximum absolute atomic E-state index is 12.9. The highest BCUT2D eigenvalue weighted by molar-refractivity contribution is 6.42. The zero-order chi connectivity index (χ0) is 26.7. The van der Waals surface area contributed by atoms with Crippen molar-refractivity contribution in [2.75, 3.05) is 0 Å². The Morgan fingerprint density at radius 1 is 0.676 bits per heavy atom. The van der Waals surface area contributed by atoms with Gasteiger partial charge in [0.15, 0.2) is 0 Å². The van der Waals surface area contributed by atoms with E-state index < -0.39 is 23.5 Å². The third kappa shape index (κ3) is 5.16. The Kier molecular flexibility index (Phi) is 7.53. The number of nitrogens with zero attached hydrogens (tertiary/aromatic N) is 1. The summed E-state index contributed by atoms with van der Waals surface area (Å²) in [5.41, 5.74) is 2.80. The van der Waals surface area contributed by atoms with Crippen LogP contribution in [-0.2, 0) is 19.1 Å². The molecule has 0 aliphatic heterocycles. The van der Waals surface area contributed by atoms with Gasteiger partial charge in [-0.3, -0.25) is 9.59 Å². The third-order valence-electron chi connectivity index (χ3n) is 6.44. The number of para-hydroxylation sites is 1. The molecule has 1 aromatic heterocycles. The second-order valence-corrected chi connectivity index (χ2v) is 9.04. The molecule has 0 saturated carbocycles. The van der Waals surface area contributed by atoms with Gasteiger partial charge in [-0.05, 0) is 75.2 Å². The van der Waals surface area contributed by atoms with E-state index in [1.807, 2.05) is 48.7 Å². The third-order valence-corrected chi connectivity index (χ3v) is 6.44. The number of carbonyl (C=O) groups excluding carboxylic acids is 4. The van der Waals surface area contributed by atoms with E-state index in [-0.39, 0.29) is 23.3 Å². The zero-order valence-corrected chi connectivity index (χ0v) is 21.3. The number of Topliss-reactive ketones (excluding diaryl/α,β-unsaturated/α-hetero) is 2. The van der Waals surface area contributed by atoms with E-state index in [2.05, 4.69) is 0 Å². The first-order valence-electron chi connectivity index (χ1n) is 12.4. The lowest BCUT2D eigenvalue weighted by atomic mass is 10.0. The first kappa shape index (κ1) is 25.8. The maximum atomic E-state index is 12.9. The summed E-state index contributed by atoms with van der Waals surface area (Å²) in [5, 5.41) is 1.32. The number of hydrogen-bond donors (Lipinski definition) is 0. The van der Waals surface area contributed by atoms with Crippen LogP contribution in [0.1, 0.15) is 61.3 Å². The van der Waals surface area contributed by atoms with Gasteiger partial charge in [-0.2, -0.15) is 0 Å². The predicted molar refractivity (Wildman–Crippen MR) is 141 cm³/mol. The number of hydrogen-bond acceptors (Lipinski definition) is 6. The standard InChI is InChI=1S/C30H29NO6/c1-5-18(3)36-29(34)27(32)20-12-14-25-23(16-20)24-17-21(28(33)30(35)37-19(4)6-2)13-15-26(24)31(25)22-10-8-7-9-11-22/h7-19H,5-6H2,1-4H3. The van der Waals surface area contributed by atoms with E-state index in [0.29, 0.717) is 23.6 Å². The van der Waals surface area contributed by atoms with E-state index >= 15 is 0 Å². The van der Waals surface area contributed by atoms with Crippen LogP contribution in [0.2, 0.25) is 0 Å². The van der Waals surface area contributed by atoms with E-state index in [9.17, 15) is 19.2 Å². The number of carbonyl (C=O) groups is 4. The minimum atomic E-state index is -0.913. The number of esters is 2. The van der Waals surface area contributed by atoms with Gasteiger partial charge in [0.1, 0.15) is 0 Å². The summed E-state index contributed by atoms with van der Waals surface area (Å²) in [6, 6.07) is 19.6. The number of aromatic nitrogens is 1. The van der Waals surface area contributed by atoms with Crippen LogP contribution in [-0.4, -0.2) is 40.3 Å². The van der Waals surface area contributed by atoms with E-state index in [4.69, 9.17) is 9.47 Å². The Morgan fingerprint density at radius 2 is 1.11 bits per heavy atom. The van der Waals surface area contributed by atoms with Crippen LogP contribution in [0.5, 0.6) is 0 Å². The molecule has 7 heteroatoms.